The highest BCUT2D eigenvalue weighted by atomic mass is 32.1. The molecule has 0 bridgehead atoms. The molecule has 0 aliphatic rings. The summed E-state index contributed by atoms with van der Waals surface area (Å²) in [5, 5.41) is 3.89. The lowest BCUT2D eigenvalue weighted by molar-refractivity contribution is -0.153. The van der Waals surface area contributed by atoms with Crippen LogP contribution in [0.3, 0.4) is 0 Å². The molecule has 1 aromatic carbocycles. The molecule has 0 radical (unpaired) electrons. The molecule has 8 heteroatoms. The van der Waals surface area contributed by atoms with Crippen LogP contribution < -0.4 is 9.47 Å². The van der Waals surface area contributed by atoms with Crippen LogP contribution in [0.5, 0.6) is 11.5 Å². The van der Waals surface area contributed by atoms with Gasteiger partial charge in [0.1, 0.15) is 0 Å². The Morgan fingerprint density at radius 2 is 1.89 bits per heavy atom. The van der Waals surface area contributed by atoms with Gasteiger partial charge in [0.05, 0.1) is 7.11 Å². The molecule has 7 nitrogen and oxygen atoms in total. The molecule has 2 rings (SSSR count). The third kappa shape index (κ3) is 6.10. The van der Waals surface area contributed by atoms with Gasteiger partial charge in [-0.3, -0.25) is 9.59 Å². The van der Waals surface area contributed by atoms with E-state index in [4.69, 9.17) is 14.2 Å². The fourth-order valence-corrected chi connectivity index (χ4v) is 2.84. The Kier molecular flexibility index (Phi) is 7.36. The van der Waals surface area contributed by atoms with Crippen LogP contribution in [0.15, 0.2) is 35.0 Å². The monoisotopic (exact) mass is 391 g/mol. The first kappa shape index (κ1) is 20.4. The number of hydrogen-bond donors (Lipinski definition) is 0. The summed E-state index contributed by atoms with van der Waals surface area (Å²) in [4.78, 5) is 36.7. The van der Waals surface area contributed by atoms with Crippen LogP contribution in [0, 0.1) is 0 Å². The number of nitrogens with zero attached hydrogens (tertiary/aromatic N) is 1. The Bertz CT molecular complexity index is 803. The number of likely N-dealkylation sites (N-methyl/N-ethyl adjacent to an activating group) is 1. The number of ether oxygens (including phenoxy) is 3. The maximum absolute atomic E-state index is 12.0. The van der Waals surface area contributed by atoms with Gasteiger partial charge in [-0.2, -0.15) is 11.3 Å². The van der Waals surface area contributed by atoms with Crippen LogP contribution in [0.1, 0.15) is 22.8 Å². The predicted molar refractivity (Wildman–Crippen MR) is 100 cm³/mol. The zero-order valence-corrected chi connectivity index (χ0v) is 16.2. The molecule has 0 aliphatic heterocycles. The summed E-state index contributed by atoms with van der Waals surface area (Å²) in [5.74, 6) is -0.449. The van der Waals surface area contributed by atoms with E-state index in [9.17, 15) is 14.4 Å². The van der Waals surface area contributed by atoms with Crippen molar-refractivity contribution >= 4 is 29.0 Å². The Balaban J connectivity index is 1.80. The van der Waals surface area contributed by atoms with Gasteiger partial charge in [-0.25, -0.2) is 4.79 Å². The zero-order chi connectivity index (χ0) is 19.8. The molecule has 1 heterocycles. The first-order chi connectivity index (χ1) is 12.9. The molecule has 0 atom stereocenters. The number of hydrogen-bond acceptors (Lipinski definition) is 7. The van der Waals surface area contributed by atoms with E-state index < -0.39 is 5.97 Å². The minimum Gasteiger partial charge on any atom is -0.493 e. The fourth-order valence-electron chi connectivity index (χ4n) is 2.18. The number of esters is 1. The average Bonchev–Trinajstić information content (AvgIpc) is 3.16. The van der Waals surface area contributed by atoms with Gasteiger partial charge in [-0.15, -0.1) is 0 Å². The highest BCUT2D eigenvalue weighted by Crippen LogP contribution is 2.28. The van der Waals surface area contributed by atoms with E-state index in [1.165, 1.54) is 25.0 Å². The number of Topliss-reactive ketones (excluding diaryl/α,β-unsaturated/α-hetero) is 1. The number of carbonyl (C=O) groups excluding carboxylic acids is 3. The van der Waals surface area contributed by atoms with Gasteiger partial charge in [-0.1, -0.05) is 0 Å². The van der Waals surface area contributed by atoms with E-state index in [-0.39, 0.29) is 24.9 Å². The molecule has 0 N–H and O–H groups in total. The Morgan fingerprint density at radius 3 is 2.52 bits per heavy atom. The van der Waals surface area contributed by atoms with E-state index in [0.717, 1.165) is 5.56 Å². The smallest absolute Gasteiger partial charge is 0.344 e. The number of carbonyl (C=O) groups is 3. The maximum atomic E-state index is 12.0. The van der Waals surface area contributed by atoms with E-state index in [0.29, 0.717) is 23.6 Å². The summed E-state index contributed by atoms with van der Waals surface area (Å²) in [6.07, 6.45) is 0. The second kappa shape index (κ2) is 9.72. The predicted octanol–water partition coefficient (Wildman–Crippen LogP) is 2.54. The third-order valence-corrected chi connectivity index (χ3v) is 4.43. The van der Waals surface area contributed by atoms with Crippen molar-refractivity contribution in [2.75, 3.05) is 27.4 Å². The first-order valence-corrected chi connectivity index (χ1v) is 9.07. The SMILES string of the molecule is COc1cc(C(C)=O)ccc1OCC(=O)OCC(=O)N(C)Cc1ccsc1. The highest BCUT2D eigenvalue weighted by Gasteiger charge is 2.14. The summed E-state index contributed by atoms with van der Waals surface area (Å²) < 4.78 is 15.5. The van der Waals surface area contributed by atoms with Crippen molar-refractivity contribution in [1.82, 2.24) is 4.90 Å². The van der Waals surface area contributed by atoms with Crippen molar-refractivity contribution < 1.29 is 28.6 Å². The van der Waals surface area contributed by atoms with Crippen LogP contribution in [-0.4, -0.2) is 49.9 Å². The van der Waals surface area contributed by atoms with Gasteiger partial charge < -0.3 is 19.1 Å². The quantitative estimate of drug-likeness (QED) is 0.483. The van der Waals surface area contributed by atoms with Crippen molar-refractivity contribution in [2.24, 2.45) is 0 Å². The van der Waals surface area contributed by atoms with Gasteiger partial charge in [-0.05, 0) is 47.5 Å². The van der Waals surface area contributed by atoms with Gasteiger partial charge >= 0.3 is 5.97 Å². The van der Waals surface area contributed by atoms with Crippen LogP contribution in [-0.2, 0) is 20.9 Å². The van der Waals surface area contributed by atoms with Crippen LogP contribution in [0.4, 0.5) is 0 Å². The lowest BCUT2D eigenvalue weighted by Crippen LogP contribution is -2.31. The van der Waals surface area contributed by atoms with Gasteiger partial charge in [0, 0.05) is 19.2 Å². The number of thiophene rings is 1. The number of ketones is 1. The summed E-state index contributed by atoms with van der Waals surface area (Å²) in [6, 6.07) is 6.59. The van der Waals surface area contributed by atoms with Crippen molar-refractivity contribution in [2.45, 2.75) is 13.5 Å². The Morgan fingerprint density at radius 1 is 1.11 bits per heavy atom. The molecule has 0 aliphatic carbocycles. The maximum Gasteiger partial charge on any atom is 0.344 e. The number of amides is 1. The molecular weight excluding hydrogens is 370 g/mol. The molecule has 1 aromatic heterocycles. The average molecular weight is 391 g/mol. The zero-order valence-electron chi connectivity index (χ0n) is 15.4. The first-order valence-electron chi connectivity index (χ1n) is 8.13. The second-order valence-electron chi connectivity index (χ2n) is 5.75. The summed E-state index contributed by atoms with van der Waals surface area (Å²) in [7, 11) is 3.08. The van der Waals surface area contributed by atoms with Gasteiger partial charge in [0.15, 0.2) is 30.5 Å². The number of benzene rings is 1. The summed E-state index contributed by atoms with van der Waals surface area (Å²) >= 11 is 1.55. The molecule has 0 spiro atoms. The number of rotatable bonds is 9. The Labute approximate surface area is 161 Å². The molecular formula is C19H21NO6S. The van der Waals surface area contributed by atoms with E-state index in [1.807, 2.05) is 16.8 Å². The number of methoxy groups -OCH3 is 1. The fraction of sp³-hybridized carbons (Fsp3) is 0.316. The van der Waals surface area contributed by atoms with E-state index in [1.54, 1.807) is 30.5 Å². The lowest BCUT2D eigenvalue weighted by Gasteiger charge is -2.16. The van der Waals surface area contributed by atoms with E-state index in [2.05, 4.69) is 0 Å². The van der Waals surface area contributed by atoms with E-state index >= 15 is 0 Å². The van der Waals surface area contributed by atoms with Gasteiger partial charge in [0.2, 0.25) is 0 Å². The van der Waals surface area contributed by atoms with Crippen LogP contribution in [0.2, 0.25) is 0 Å². The molecule has 144 valence electrons. The minimum atomic E-state index is -0.676. The molecule has 0 saturated heterocycles. The summed E-state index contributed by atoms with van der Waals surface area (Å²) in [6.45, 7) is 1.16. The topological polar surface area (TPSA) is 82.1 Å². The lowest BCUT2D eigenvalue weighted by atomic mass is 10.1. The Hall–Kier alpha value is -2.87. The molecule has 2 aromatic rings. The largest absolute Gasteiger partial charge is 0.493 e. The van der Waals surface area contributed by atoms with Crippen molar-refractivity contribution in [3.05, 3.63) is 46.2 Å². The molecule has 0 fully saturated rings. The molecule has 27 heavy (non-hydrogen) atoms. The van der Waals surface area contributed by atoms with Gasteiger partial charge in [0.25, 0.3) is 5.91 Å². The molecule has 0 saturated carbocycles. The van der Waals surface area contributed by atoms with Crippen LogP contribution >= 0.6 is 11.3 Å². The third-order valence-electron chi connectivity index (χ3n) is 3.70. The normalized spacial score (nSPS) is 10.2. The molecule has 1 amide bonds. The highest BCUT2D eigenvalue weighted by molar-refractivity contribution is 7.07. The van der Waals surface area contributed by atoms with Crippen LogP contribution in [0.25, 0.3) is 0 Å². The standard InChI is InChI=1S/C19H21NO6S/c1-13(21)15-4-5-16(17(8-15)24-3)25-11-19(23)26-10-18(22)20(2)9-14-6-7-27-12-14/h4-8,12H,9-11H2,1-3H3. The minimum absolute atomic E-state index is 0.107. The second-order valence-corrected chi connectivity index (χ2v) is 6.53. The van der Waals surface area contributed by atoms with Crippen molar-refractivity contribution in [3.63, 3.8) is 0 Å². The van der Waals surface area contributed by atoms with Crippen molar-refractivity contribution in [1.29, 1.82) is 0 Å². The summed E-state index contributed by atoms with van der Waals surface area (Å²) in [5.41, 5.74) is 1.49. The van der Waals surface area contributed by atoms with Crippen molar-refractivity contribution in [3.8, 4) is 11.5 Å². The molecule has 0 unspecified atom stereocenters.